The van der Waals surface area contributed by atoms with Crippen LogP contribution in [0.1, 0.15) is 21.7 Å². The molecule has 0 spiro atoms. The number of carbonyl (C=O) groups is 1. The molecule has 4 heterocycles. The molecule has 1 N–H and O–H groups in total. The van der Waals surface area contributed by atoms with Crippen molar-refractivity contribution < 1.29 is 4.79 Å². The summed E-state index contributed by atoms with van der Waals surface area (Å²) < 4.78 is 0. The lowest BCUT2D eigenvalue weighted by Crippen LogP contribution is -2.39. The van der Waals surface area contributed by atoms with E-state index in [4.69, 9.17) is 0 Å². The van der Waals surface area contributed by atoms with Gasteiger partial charge in [-0.1, -0.05) is 6.07 Å². The molecular formula is C17H14N6O2. The fourth-order valence-electron chi connectivity index (χ4n) is 2.81. The van der Waals surface area contributed by atoms with Gasteiger partial charge in [-0.15, -0.1) is 0 Å². The number of H-pyrrole nitrogens is 1. The largest absolute Gasteiger partial charge is 0.331 e. The first kappa shape index (κ1) is 15.1. The first-order chi connectivity index (χ1) is 12.2. The van der Waals surface area contributed by atoms with E-state index in [0.29, 0.717) is 41.4 Å². The average Bonchev–Trinajstić information content (AvgIpc) is 2.68. The fraction of sp³-hybridized carbons (Fsp3) is 0.176. The van der Waals surface area contributed by atoms with Gasteiger partial charge in [0.05, 0.1) is 18.4 Å². The second-order valence-electron chi connectivity index (χ2n) is 5.62. The van der Waals surface area contributed by atoms with Crippen molar-refractivity contribution in [2.75, 3.05) is 6.54 Å². The highest BCUT2D eigenvalue weighted by Crippen LogP contribution is 2.18. The zero-order valence-corrected chi connectivity index (χ0v) is 13.2. The Kier molecular flexibility index (Phi) is 3.77. The summed E-state index contributed by atoms with van der Waals surface area (Å²) in [6.45, 7) is 0.722. The van der Waals surface area contributed by atoms with Crippen molar-refractivity contribution in [1.82, 2.24) is 29.8 Å². The van der Waals surface area contributed by atoms with Crippen LogP contribution in [-0.4, -0.2) is 42.3 Å². The van der Waals surface area contributed by atoms with Crippen LogP contribution >= 0.6 is 0 Å². The number of aromatic amines is 1. The highest BCUT2D eigenvalue weighted by atomic mass is 16.2. The highest BCUT2D eigenvalue weighted by Gasteiger charge is 2.26. The van der Waals surface area contributed by atoms with E-state index < -0.39 is 0 Å². The van der Waals surface area contributed by atoms with Gasteiger partial charge in [0.15, 0.2) is 5.82 Å². The Morgan fingerprint density at radius 2 is 2.08 bits per heavy atom. The average molecular weight is 334 g/mol. The number of fused-ring (bicyclic) bond motifs is 1. The molecule has 0 aromatic carbocycles. The van der Waals surface area contributed by atoms with E-state index in [1.54, 1.807) is 35.5 Å². The number of nitrogens with zero attached hydrogens (tertiary/aromatic N) is 5. The predicted octanol–water partition coefficient (Wildman–Crippen LogP) is 0.820. The summed E-state index contributed by atoms with van der Waals surface area (Å²) in [4.78, 5) is 46.1. The van der Waals surface area contributed by atoms with E-state index in [9.17, 15) is 9.59 Å². The molecule has 3 aromatic rings. The maximum atomic E-state index is 12.6. The molecule has 8 nitrogen and oxygen atoms in total. The Morgan fingerprint density at radius 1 is 1.16 bits per heavy atom. The first-order valence-corrected chi connectivity index (χ1v) is 7.81. The van der Waals surface area contributed by atoms with E-state index in [-0.39, 0.29) is 18.0 Å². The molecule has 0 aliphatic carbocycles. The van der Waals surface area contributed by atoms with Crippen molar-refractivity contribution in [2.45, 2.75) is 13.0 Å². The Hall–Kier alpha value is -3.42. The van der Waals surface area contributed by atoms with Gasteiger partial charge in [-0.05, 0) is 18.6 Å². The van der Waals surface area contributed by atoms with Crippen LogP contribution in [0.25, 0.3) is 11.5 Å². The highest BCUT2D eigenvalue weighted by molar-refractivity contribution is 5.92. The molecule has 1 amide bonds. The van der Waals surface area contributed by atoms with Crippen molar-refractivity contribution in [3.8, 4) is 11.5 Å². The van der Waals surface area contributed by atoms with Crippen LogP contribution in [0.3, 0.4) is 0 Å². The quantitative estimate of drug-likeness (QED) is 0.744. The fourth-order valence-corrected chi connectivity index (χ4v) is 2.81. The Bertz CT molecular complexity index is 971. The summed E-state index contributed by atoms with van der Waals surface area (Å²) in [7, 11) is 0. The van der Waals surface area contributed by atoms with Crippen LogP contribution < -0.4 is 5.56 Å². The molecule has 4 rings (SSSR count). The van der Waals surface area contributed by atoms with Gasteiger partial charge >= 0.3 is 0 Å². The number of nitrogens with one attached hydrogen (secondary N) is 1. The monoisotopic (exact) mass is 334 g/mol. The number of rotatable bonds is 2. The normalized spacial score (nSPS) is 13.4. The van der Waals surface area contributed by atoms with Crippen molar-refractivity contribution in [3.05, 3.63) is 70.3 Å². The number of hydrogen-bond acceptors (Lipinski definition) is 6. The lowest BCUT2D eigenvalue weighted by Gasteiger charge is -2.27. The Balaban J connectivity index is 1.67. The lowest BCUT2D eigenvalue weighted by molar-refractivity contribution is 0.0725. The minimum absolute atomic E-state index is 0.172. The van der Waals surface area contributed by atoms with Gasteiger partial charge in [0.2, 0.25) is 0 Å². The molecule has 0 bridgehead atoms. The van der Waals surface area contributed by atoms with E-state index in [0.717, 1.165) is 0 Å². The van der Waals surface area contributed by atoms with Crippen LogP contribution in [0.4, 0.5) is 0 Å². The van der Waals surface area contributed by atoms with E-state index in [1.165, 1.54) is 12.4 Å². The maximum Gasteiger partial charge on any atom is 0.272 e. The molecule has 124 valence electrons. The number of hydrogen-bond donors (Lipinski definition) is 1. The molecule has 0 saturated carbocycles. The zero-order chi connectivity index (χ0) is 17.2. The van der Waals surface area contributed by atoms with E-state index in [2.05, 4.69) is 24.9 Å². The van der Waals surface area contributed by atoms with Crippen molar-refractivity contribution in [2.24, 2.45) is 0 Å². The number of amides is 1. The second-order valence-corrected chi connectivity index (χ2v) is 5.62. The summed E-state index contributed by atoms with van der Waals surface area (Å²) in [6.07, 6.45) is 6.65. The molecule has 1 aliphatic rings. The molecule has 1 aliphatic heterocycles. The SMILES string of the molecule is O=C(c1ccccn1)N1CCc2c(nc(-c3cnccn3)[nH]c2=O)C1. The number of aromatic nitrogens is 5. The molecule has 3 aromatic heterocycles. The summed E-state index contributed by atoms with van der Waals surface area (Å²) >= 11 is 0. The minimum atomic E-state index is -0.199. The summed E-state index contributed by atoms with van der Waals surface area (Å²) in [5.74, 6) is 0.179. The first-order valence-electron chi connectivity index (χ1n) is 7.81. The molecule has 0 atom stereocenters. The Morgan fingerprint density at radius 3 is 2.84 bits per heavy atom. The van der Waals surface area contributed by atoms with Gasteiger partial charge in [-0.3, -0.25) is 19.6 Å². The molecule has 0 radical (unpaired) electrons. The predicted molar refractivity (Wildman–Crippen MR) is 88.6 cm³/mol. The van der Waals surface area contributed by atoms with Gasteiger partial charge in [0, 0.05) is 30.7 Å². The maximum absolute atomic E-state index is 12.6. The lowest BCUT2D eigenvalue weighted by atomic mass is 10.1. The standard InChI is InChI=1S/C17H14N6O2/c24-16-11-4-8-23(17(25)12-3-1-2-5-19-12)10-14(11)21-15(22-16)13-9-18-6-7-20-13/h1-3,5-7,9H,4,8,10H2,(H,21,22,24). The van der Waals surface area contributed by atoms with Crippen molar-refractivity contribution in [3.63, 3.8) is 0 Å². The third-order valence-corrected chi connectivity index (χ3v) is 4.05. The van der Waals surface area contributed by atoms with Crippen LogP contribution in [0.2, 0.25) is 0 Å². The minimum Gasteiger partial charge on any atom is -0.331 e. The molecular weight excluding hydrogens is 320 g/mol. The molecule has 8 heteroatoms. The van der Waals surface area contributed by atoms with Crippen LogP contribution in [0, 0.1) is 0 Å². The van der Waals surface area contributed by atoms with Gasteiger partial charge in [-0.2, -0.15) is 0 Å². The third-order valence-electron chi connectivity index (χ3n) is 4.05. The topological polar surface area (TPSA) is 105 Å². The van der Waals surface area contributed by atoms with Crippen LogP contribution in [0.15, 0.2) is 47.8 Å². The van der Waals surface area contributed by atoms with Crippen LogP contribution in [0.5, 0.6) is 0 Å². The zero-order valence-electron chi connectivity index (χ0n) is 13.2. The van der Waals surface area contributed by atoms with Crippen LogP contribution in [-0.2, 0) is 13.0 Å². The molecule has 0 fully saturated rings. The summed E-state index contributed by atoms with van der Waals surface area (Å²) in [5, 5.41) is 0. The Labute approximate surface area is 142 Å². The van der Waals surface area contributed by atoms with Gasteiger partial charge in [0.25, 0.3) is 11.5 Å². The molecule has 0 saturated heterocycles. The third kappa shape index (κ3) is 2.89. The molecule has 25 heavy (non-hydrogen) atoms. The van der Waals surface area contributed by atoms with E-state index >= 15 is 0 Å². The summed E-state index contributed by atoms with van der Waals surface area (Å²) in [6, 6.07) is 5.21. The van der Waals surface area contributed by atoms with Gasteiger partial charge in [-0.25, -0.2) is 9.97 Å². The number of pyridine rings is 1. The molecule has 0 unspecified atom stereocenters. The van der Waals surface area contributed by atoms with E-state index in [1.807, 2.05) is 0 Å². The summed E-state index contributed by atoms with van der Waals surface area (Å²) in [5.41, 5.74) is 1.86. The van der Waals surface area contributed by atoms with Crippen molar-refractivity contribution >= 4 is 5.91 Å². The number of carbonyl (C=O) groups excluding carboxylic acids is 1. The van der Waals surface area contributed by atoms with Gasteiger partial charge in [0.1, 0.15) is 11.4 Å². The van der Waals surface area contributed by atoms with Gasteiger partial charge < -0.3 is 9.88 Å². The smallest absolute Gasteiger partial charge is 0.272 e. The second kappa shape index (κ2) is 6.23. The van der Waals surface area contributed by atoms with Crippen molar-refractivity contribution in [1.29, 1.82) is 0 Å².